The zero-order valence-corrected chi connectivity index (χ0v) is 15.4. The van der Waals surface area contributed by atoms with E-state index in [1.807, 2.05) is 24.3 Å². The number of carbonyl (C=O) groups is 2. The Hall–Kier alpha value is -2.86. The highest BCUT2D eigenvalue weighted by Gasteiger charge is 2.23. The molecule has 2 aromatic rings. The minimum atomic E-state index is -0.396. The molecule has 1 heterocycles. The lowest BCUT2D eigenvalue weighted by molar-refractivity contribution is -0.124. The van der Waals surface area contributed by atoms with Gasteiger partial charge in [-0.05, 0) is 55.2 Å². The summed E-state index contributed by atoms with van der Waals surface area (Å²) >= 11 is 0. The lowest BCUT2D eigenvalue weighted by Gasteiger charge is -2.11. The third-order valence-corrected chi connectivity index (χ3v) is 4.47. The van der Waals surface area contributed by atoms with E-state index < -0.39 is 6.10 Å². The van der Waals surface area contributed by atoms with Gasteiger partial charge in [0.2, 0.25) is 0 Å². The average molecular weight is 368 g/mol. The molecule has 1 unspecified atom stereocenters. The van der Waals surface area contributed by atoms with Crippen molar-refractivity contribution in [2.24, 2.45) is 0 Å². The molecule has 2 N–H and O–H groups in total. The fourth-order valence-corrected chi connectivity index (χ4v) is 2.96. The Morgan fingerprint density at radius 3 is 2.70 bits per heavy atom. The van der Waals surface area contributed by atoms with E-state index in [-0.39, 0.29) is 11.8 Å². The maximum absolute atomic E-state index is 12.4. The van der Waals surface area contributed by atoms with Crippen LogP contribution in [0.5, 0.6) is 5.75 Å². The van der Waals surface area contributed by atoms with Crippen LogP contribution in [-0.2, 0) is 16.0 Å². The summed E-state index contributed by atoms with van der Waals surface area (Å²) in [6.45, 7) is 1.15. The molecule has 1 atom stereocenters. The molecule has 1 fully saturated rings. The molecule has 0 aliphatic carbocycles. The van der Waals surface area contributed by atoms with Gasteiger partial charge in [0.25, 0.3) is 11.8 Å². The summed E-state index contributed by atoms with van der Waals surface area (Å²) in [6, 6.07) is 14.7. The second kappa shape index (κ2) is 9.19. The first-order valence-electron chi connectivity index (χ1n) is 9.09. The van der Waals surface area contributed by atoms with Gasteiger partial charge in [0.15, 0.2) is 0 Å². The first kappa shape index (κ1) is 18.9. The van der Waals surface area contributed by atoms with E-state index in [2.05, 4.69) is 10.6 Å². The summed E-state index contributed by atoms with van der Waals surface area (Å²) in [5.74, 6) is 0.478. The van der Waals surface area contributed by atoms with Gasteiger partial charge in [0.05, 0.1) is 7.11 Å². The molecule has 6 nitrogen and oxygen atoms in total. The fourth-order valence-electron chi connectivity index (χ4n) is 2.96. The van der Waals surface area contributed by atoms with Gasteiger partial charge < -0.3 is 20.1 Å². The first-order valence-corrected chi connectivity index (χ1v) is 9.09. The summed E-state index contributed by atoms with van der Waals surface area (Å²) in [7, 11) is 1.63. The van der Waals surface area contributed by atoms with E-state index in [0.717, 1.165) is 30.6 Å². The standard InChI is InChI=1S/C21H24N2O4/c1-26-18-9-7-15(8-10-18)11-12-22-20(24)16-4-2-5-17(14-16)23-21(25)19-6-3-13-27-19/h2,4-5,7-10,14,19H,3,6,11-13H2,1H3,(H,22,24)(H,23,25). The van der Waals surface area contributed by atoms with Gasteiger partial charge >= 0.3 is 0 Å². The molecule has 1 saturated heterocycles. The van der Waals surface area contributed by atoms with Crippen LogP contribution >= 0.6 is 0 Å². The van der Waals surface area contributed by atoms with Crippen molar-refractivity contribution in [3.05, 3.63) is 59.7 Å². The highest BCUT2D eigenvalue weighted by atomic mass is 16.5. The molecule has 0 aromatic heterocycles. The quantitative estimate of drug-likeness (QED) is 0.788. The van der Waals surface area contributed by atoms with Crippen LogP contribution < -0.4 is 15.4 Å². The van der Waals surface area contributed by atoms with Gasteiger partial charge in [0, 0.05) is 24.4 Å². The van der Waals surface area contributed by atoms with Crippen molar-refractivity contribution >= 4 is 17.5 Å². The van der Waals surface area contributed by atoms with Crippen LogP contribution in [0.1, 0.15) is 28.8 Å². The van der Waals surface area contributed by atoms with Crippen molar-refractivity contribution in [3.8, 4) is 5.75 Å². The topological polar surface area (TPSA) is 76.7 Å². The van der Waals surface area contributed by atoms with Crippen LogP contribution in [0.4, 0.5) is 5.69 Å². The Kier molecular flexibility index (Phi) is 6.44. The third kappa shape index (κ3) is 5.31. The Bertz CT molecular complexity index is 783. The molecule has 1 aliphatic rings. The van der Waals surface area contributed by atoms with Gasteiger partial charge in [-0.2, -0.15) is 0 Å². The Labute approximate surface area is 158 Å². The number of amides is 2. The molecule has 6 heteroatoms. The van der Waals surface area contributed by atoms with Crippen LogP contribution in [0.2, 0.25) is 0 Å². The summed E-state index contributed by atoms with van der Waals surface area (Å²) in [4.78, 5) is 24.5. The number of carbonyl (C=O) groups excluding carboxylic acids is 2. The second-order valence-corrected chi connectivity index (χ2v) is 6.43. The number of hydrogen-bond acceptors (Lipinski definition) is 4. The fraction of sp³-hybridized carbons (Fsp3) is 0.333. The van der Waals surface area contributed by atoms with E-state index in [9.17, 15) is 9.59 Å². The molecule has 2 amide bonds. The molecule has 1 aliphatic heterocycles. The lowest BCUT2D eigenvalue weighted by Crippen LogP contribution is -2.28. The van der Waals surface area contributed by atoms with Crippen molar-refractivity contribution in [1.29, 1.82) is 0 Å². The smallest absolute Gasteiger partial charge is 0.253 e. The van der Waals surface area contributed by atoms with Crippen LogP contribution in [0.25, 0.3) is 0 Å². The summed E-state index contributed by atoms with van der Waals surface area (Å²) < 4.78 is 10.5. The van der Waals surface area contributed by atoms with Gasteiger partial charge in [-0.1, -0.05) is 18.2 Å². The molecule has 0 bridgehead atoms. The van der Waals surface area contributed by atoms with E-state index in [4.69, 9.17) is 9.47 Å². The molecule has 0 spiro atoms. The summed E-state index contributed by atoms with van der Waals surface area (Å²) in [5, 5.41) is 5.72. The SMILES string of the molecule is COc1ccc(CCNC(=O)c2cccc(NC(=O)C3CCCO3)c2)cc1. The molecular formula is C21H24N2O4. The number of anilines is 1. The number of rotatable bonds is 7. The highest BCUT2D eigenvalue weighted by Crippen LogP contribution is 2.16. The Morgan fingerprint density at radius 2 is 2.00 bits per heavy atom. The molecular weight excluding hydrogens is 344 g/mol. The van der Waals surface area contributed by atoms with E-state index in [1.165, 1.54) is 0 Å². The highest BCUT2D eigenvalue weighted by molar-refractivity contribution is 5.98. The number of hydrogen-bond donors (Lipinski definition) is 2. The van der Waals surface area contributed by atoms with E-state index in [1.54, 1.807) is 31.4 Å². The maximum atomic E-state index is 12.4. The van der Waals surface area contributed by atoms with E-state index in [0.29, 0.717) is 24.4 Å². The zero-order valence-electron chi connectivity index (χ0n) is 15.4. The van der Waals surface area contributed by atoms with Crippen LogP contribution in [0.15, 0.2) is 48.5 Å². The molecule has 142 valence electrons. The largest absolute Gasteiger partial charge is 0.497 e. The van der Waals surface area contributed by atoms with Crippen molar-refractivity contribution in [3.63, 3.8) is 0 Å². The normalized spacial score (nSPS) is 16.0. The first-order chi connectivity index (χ1) is 13.2. The van der Waals surface area contributed by atoms with Gasteiger partial charge in [0.1, 0.15) is 11.9 Å². The minimum absolute atomic E-state index is 0.162. The van der Waals surface area contributed by atoms with E-state index >= 15 is 0 Å². The van der Waals surface area contributed by atoms with Crippen molar-refractivity contribution < 1.29 is 19.1 Å². The monoisotopic (exact) mass is 368 g/mol. The van der Waals surface area contributed by atoms with Crippen molar-refractivity contribution in [2.75, 3.05) is 25.6 Å². The van der Waals surface area contributed by atoms with Gasteiger partial charge in [-0.3, -0.25) is 9.59 Å². The number of ether oxygens (including phenoxy) is 2. The number of methoxy groups -OCH3 is 1. The third-order valence-electron chi connectivity index (χ3n) is 4.47. The van der Waals surface area contributed by atoms with Crippen LogP contribution in [-0.4, -0.2) is 38.2 Å². The molecule has 27 heavy (non-hydrogen) atoms. The van der Waals surface area contributed by atoms with Crippen molar-refractivity contribution in [2.45, 2.75) is 25.4 Å². The second-order valence-electron chi connectivity index (χ2n) is 6.43. The Balaban J connectivity index is 1.51. The summed E-state index contributed by atoms with van der Waals surface area (Å²) in [5.41, 5.74) is 2.22. The van der Waals surface area contributed by atoms with Crippen LogP contribution in [0.3, 0.4) is 0 Å². The predicted octanol–water partition coefficient (Wildman–Crippen LogP) is 2.79. The zero-order chi connectivity index (χ0) is 19.1. The average Bonchev–Trinajstić information content (AvgIpc) is 3.24. The predicted molar refractivity (Wildman–Crippen MR) is 103 cm³/mol. The van der Waals surface area contributed by atoms with Crippen LogP contribution in [0, 0.1) is 0 Å². The summed E-state index contributed by atoms with van der Waals surface area (Å²) in [6.07, 6.45) is 1.96. The molecule has 2 aromatic carbocycles. The van der Waals surface area contributed by atoms with Gasteiger partial charge in [-0.15, -0.1) is 0 Å². The molecule has 0 radical (unpaired) electrons. The Morgan fingerprint density at radius 1 is 1.19 bits per heavy atom. The minimum Gasteiger partial charge on any atom is -0.497 e. The van der Waals surface area contributed by atoms with Gasteiger partial charge in [-0.25, -0.2) is 0 Å². The maximum Gasteiger partial charge on any atom is 0.253 e. The van der Waals surface area contributed by atoms with Crippen molar-refractivity contribution in [1.82, 2.24) is 5.32 Å². The molecule has 0 saturated carbocycles. The number of nitrogens with one attached hydrogen (secondary N) is 2. The lowest BCUT2D eigenvalue weighted by atomic mass is 10.1. The number of benzene rings is 2. The molecule has 3 rings (SSSR count).